The van der Waals surface area contributed by atoms with Gasteiger partial charge in [0.05, 0.1) is 17.8 Å². The van der Waals surface area contributed by atoms with Crippen molar-refractivity contribution in [3.05, 3.63) is 71.3 Å². The number of carboxylic acids is 1. The Morgan fingerprint density at radius 2 is 1.93 bits per heavy atom. The van der Waals surface area contributed by atoms with Crippen LogP contribution in [0.4, 0.5) is 0 Å². The van der Waals surface area contributed by atoms with Crippen LogP contribution in [-0.2, 0) is 11.3 Å². The van der Waals surface area contributed by atoms with Crippen molar-refractivity contribution in [2.45, 2.75) is 55.8 Å². The number of benzene rings is 2. The molecule has 5 nitrogen and oxygen atoms in total. The van der Waals surface area contributed by atoms with Gasteiger partial charge in [-0.25, -0.2) is 4.79 Å². The SMILES string of the molecule is O=C(O)c1cccc(CN2CCC3(CC2)CC(N[C@@H]2C[C@H]2c2ccccc2)CO3)c1. The number of likely N-dealkylation sites (tertiary alicyclic amines) is 1. The molecule has 2 saturated heterocycles. The number of nitrogens with one attached hydrogen (secondary N) is 1. The van der Waals surface area contributed by atoms with Gasteiger partial charge in [0, 0.05) is 37.6 Å². The fourth-order valence-electron chi connectivity index (χ4n) is 5.23. The van der Waals surface area contributed by atoms with Crippen molar-refractivity contribution in [3.63, 3.8) is 0 Å². The minimum atomic E-state index is -0.863. The number of aromatic carboxylic acids is 1. The van der Waals surface area contributed by atoms with Crippen molar-refractivity contribution in [2.75, 3.05) is 19.7 Å². The molecule has 3 fully saturated rings. The van der Waals surface area contributed by atoms with E-state index in [0.717, 1.165) is 51.1 Å². The molecule has 3 atom stereocenters. The molecule has 3 aliphatic rings. The summed E-state index contributed by atoms with van der Waals surface area (Å²) in [5.41, 5.74) is 2.90. The highest BCUT2D eigenvalue weighted by atomic mass is 16.5. The Kier molecular flexibility index (Phi) is 5.35. The summed E-state index contributed by atoms with van der Waals surface area (Å²) in [5.74, 6) is -0.205. The molecule has 1 aliphatic carbocycles. The molecular weight excluding hydrogens is 376 g/mol. The highest BCUT2D eigenvalue weighted by Crippen LogP contribution is 2.43. The summed E-state index contributed by atoms with van der Waals surface area (Å²) in [4.78, 5) is 13.6. The predicted molar refractivity (Wildman–Crippen MR) is 116 cm³/mol. The molecule has 2 aromatic rings. The Morgan fingerprint density at radius 1 is 1.13 bits per heavy atom. The lowest BCUT2D eigenvalue weighted by molar-refractivity contribution is -0.0449. The molecule has 2 aliphatic heterocycles. The number of carboxylic acid groups (broad SMARTS) is 1. The van der Waals surface area contributed by atoms with E-state index in [4.69, 9.17) is 4.74 Å². The second kappa shape index (κ2) is 8.14. The predicted octanol–water partition coefficient (Wildman–Crippen LogP) is 3.65. The van der Waals surface area contributed by atoms with E-state index in [1.807, 2.05) is 12.1 Å². The van der Waals surface area contributed by atoms with E-state index in [0.29, 0.717) is 23.6 Å². The van der Waals surface area contributed by atoms with Crippen LogP contribution in [0.25, 0.3) is 0 Å². The van der Waals surface area contributed by atoms with Gasteiger partial charge in [0.2, 0.25) is 0 Å². The maximum absolute atomic E-state index is 11.2. The highest BCUT2D eigenvalue weighted by molar-refractivity contribution is 5.87. The molecule has 30 heavy (non-hydrogen) atoms. The zero-order valence-corrected chi connectivity index (χ0v) is 17.3. The number of piperidine rings is 1. The summed E-state index contributed by atoms with van der Waals surface area (Å²) in [7, 11) is 0. The van der Waals surface area contributed by atoms with E-state index in [2.05, 4.69) is 40.5 Å². The maximum Gasteiger partial charge on any atom is 0.335 e. The largest absolute Gasteiger partial charge is 0.478 e. The summed E-state index contributed by atoms with van der Waals surface area (Å²) in [6.07, 6.45) is 4.44. The lowest BCUT2D eigenvalue weighted by atomic mass is 9.87. The number of hydrogen-bond acceptors (Lipinski definition) is 4. The molecule has 0 amide bonds. The number of nitrogens with zero attached hydrogens (tertiary/aromatic N) is 1. The Bertz CT molecular complexity index is 892. The summed E-state index contributed by atoms with van der Waals surface area (Å²) >= 11 is 0. The molecule has 0 bridgehead atoms. The molecule has 2 heterocycles. The topological polar surface area (TPSA) is 61.8 Å². The third kappa shape index (κ3) is 4.29. The van der Waals surface area contributed by atoms with Gasteiger partial charge in [-0.1, -0.05) is 42.5 Å². The Morgan fingerprint density at radius 3 is 2.70 bits per heavy atom. The van der Waals surface area contributed by atoms with Crippen LogP contribution < -0.4 is 5.32 Å². The summed E-state index contributed by atoms with van der Waals surface area (Å²) in [6, 6.07) is 19.2. The molecule has 1 spiro atoms. The zero-order chi connectivity index (χ0) is 20.6. The standard InChI is InChI=1S/C25H30N2O3/c28-24(29)20-8-4-5-18(13-20)16-27-11-9-25(10-12-27)15-21(17-30-25)26-23-14-22(23)19-6-2-1-3-7-19/h1-8,13,21-23,26H,9-12,14-17H2,(H,28,29)/t21?,22-,23+/m0/s1. The van der Waals surface area contributed by atoms with Gasteiger partial charge in [-0.15, -0.1) is 0 Å². The Balaban J connectivity index is 1.10. The van der Waals surface area contributed by atoms with Crippen LogP contribution >= 0.6 is 0 Å². The van der Waals surface area contributed by atoms with E-state index in [-0.39, 0.29) is 5.60 Å². The molecule has 2 aromatic carbocycles. The van der Waals surface area contributed by atoms with Crippen molar-refractivity contribution in [2.24, 2.45) is 0 Å². The van der Waals surface area contributed by atoms with Crippen LogP contribution in [0.3, 0.4) is 0 Å². The van der Waals surface area contributed by atoms with Crippen LogP contribution in [-0.4, -0.2) is 53.4 Å². The van der Waals surface area contributed by atoms with Crippen molar-refractivity contribution >= 4 is 5.97 Å². The number of ether oxygens (including phenoxy) is 1. The molecular formula is C25H30N2O3. The average Bonchev–Trinajstić information content (AvgIpc) is 3.43. The van der Waals surface area contributed by atoms with Gasteiger partial charge in [0.15, 0.2) is 0 Å². The molecule has 1 saturated carbocycles. The van der Waals surface area contributed by atoms with Crippen LogP contribution in [0.15, 0.2) is 54.6 Å². The van der Waals surface area contributed by atoms with Crippen molar-refractivity contribution in [1.29, 1.82) is 0 Å². The van der Waals surface area contributed by atoms with Gasteiger partial charge < -0.3 is 15.2 Å². The zero-order valence-electron chi connectivity index (χ0n) is 17.3. The fourth-order valence-corrected chi connectivity index (χ4v) is 5.23. The highest BCUT2D eigenvalue weighted by Gasteiger charge is 2.46. The second-order valence-corrected chi connectivity index (χ2v) is 9.20. The number of carbonyl (C=O) groups is 1. The van der Waals surface area contributed by atoms with Crippen molar-refractivity contribution in [3.8, 4) is 0 Å². The molecule has 0 aromatic heterocycles. The Labute approximate surface area is 178 Å². The van der Waals surface area contributed by atoms with Gasteiger partial charge >= 0.3 is 5.97 Å². The van der Waals surface area contributed by atoms with E-state index in [1.54, 1.807) is 12.1 Å². The van der Waals surface area contributed by atoms with Crippen LogP contribution in [0, 0.1) is 0 Å². The summed E-state index contributed by atoms with van der Waals surface area (Å²) in [5, 5.41) is 13.0. The van der Waals surface area contributed by atoms with E-state index in [1.165, 1.54) is 12.0 Å². The lowest BCUT2D eigenvalue weighted by Crippen LogP contribution is -2.44. The first kappa shape index (κ1) is 19.7. The van der Waals surface area contributed by atoms with Gasteiger partial charge in [-0.2, -0.15) is 0 Å². The summed E-state index contributed by atoms with van der Waals surface area (Å²) in [6.45, 7) is 3.62. The second-order valence-electron chi connectivity index (χ2n) is 9.20. The van der Waals surface area contributed by atoms with Crippen molar-refractivity contribution < 1.29 is 14.6 Å². The van der Waals surface area contributed by atoms with Crippen LogP contribution in [0.2, 0.25) is 0 Å². The number of rotatable bonds is 6. The summed E-state index contributed by atoms with van der Waals surface area (Å²) < 4.78 is 6.35. The maximum atomic E-state index is 11.2. The van der Waals surface area contributed by atoms with E-state index < -0.39 is 5.97 Å². The first-order valence-electron chi connectivity index (χ1n) is 11.1. The van der Waals surface area contributed by atoms with E-state index >= 15 is 0 Å². The van der Waals surface area contributed by atoms with Crippen molar-refractivity contribution in [1.82, 2.24) is 10.2 Å². The van der Waals surface area contributed by atoms with Gasteiger partial charge in [-0.05, 0) is 48.9 Å². The fraction of sp³-hybridized carbons (Fsp3) is 0.480. The first-order chi connectivity index (χ1) is 14.6. The Hall–Kier alpha value is -2.21. The van der Waals surface area contributed by atoms with Gasteiger partial charge in [-0.3, -0.25) is 4.90 Å². The van der Waals surface area contributed by atoms with Gasteiger partial charge in [0.25, 0.3) is 0 Å². The minimum Gasteiger partial charge on any atom is -0.478 e. The first-order valence-corrected chi connectivity index (χ1v) is 11.1. The smallest absolute Gasteiger partial charge is 0.335 e. The quantitative estimate of drug-likeness (QED) is 0.767. The van der Waals surface area contributed by atoms with E-state index in [9.17, 15) is 9.90 Å². The molecule has 158 valence electrons. The molecule has 0 radical (unpaired) electrons. The van der Waals surface area contributed by atoms with Crippen LogP contribution in [0.1, 0.15) is 53.1 Å². The average molecular weight is 407 g/mol. The molecule has 5 rings (SSSR count). The third-order valence-corrected chi connectivity index (χ3v) is 7.02. The molecule has 5 heteroatoms. The monoisotopic (exact) mass is 406 g/mol. The number of hydrogen-bond donors (Lipinski definition) is 2. The normalized spacial score (nSPS) is 27.9. The van der Waals surface area contributed by atoms with Gasteiger partial charge in [0.1, 0.15) is 0 Å². The molecule has 2 N–H and O–H groups in total. The third-order valence-electron chi connectivity index (χ3n) is 7.02. The lowest BCUT2D eigenvalue weighted by Gasteiger charge is -2.38. The molecule has 1 unspecified atom stereocenters. The van der Waals surface area contributed by atoms with Crippen LogP contribution in [0.5, 0.6) is 0 Å². The minimum absolute atomic E-state index is 0.0220.